The van der Waals surface area contributed by atoms with Gasteiger partial charge in [-0.25, -0.2) is 0 Å². The minimum absolute atomic E-state index is 0.382. The summed E-state index contributed by atoms with van der Waals surface area (Å²) in [6.45, 7) is 1.47. The van der Waals surface area contributed by atoms with E-state index in [1.54, 1.807) is 12.1 Å². The van der Waals surface area contributed by atoms with Crippen LogP contribution in [-0.4, -0.2) is 23.4 Å². The highest BCUT2D eigenvalue weighted by Crippen LogP contribution is 2.37. The van der Waals surface area contributed by atoms with E-state index in [0.29, 0.717) is 42.3 Å². The lowest BCUT2D eigenvalue weighted by Crippen LogP contribution is -2.16. The van der Waals surface area contributed by atoms with Gasteiger partial charge in [0.2, 0.25) is 11.8 Å². The molecule has 1 aromatic heterocycles. The molecule has 1 N–H and O–H groups in total. The standard InChI is InChI=1S/C17H14ClN3O3/c18-12-4-1-3-11(9-12)17-21-20-15(24-17)10-19-13-5-2-6-14-16(13)23-8-7-22-14/h1-6,9,19H,7-8,10H2. The average Bonchev–Trinajstić information content (AvgIpc) is 3.09. The van der Waals surface area contributed by atoms with E-state index in [4.69, 9.17) is 25.5 Å². The first kappa shape index (κ1) is 14.8. The van der Waals surface area contributed by atoms with Gasteiger partial charge in [-0.1, -0.05) is 23.7 Å². The Morgan fingerprint density at radius 2 is 1.92 bits per heavy atom. The Balaban J connectivity index is 1.49. The number of fused-ring (bicyclic) bond motifs is 1. The van der Waals surface area contributed by atoms with Crippen molar-refractivity contribution in [3.05, 3.63) is 53.4 Å². The van der Waals surface area contributed by atoms with Crippen LogP contribution >= 0.6 is 11.6 Å². The molecule has 1 aliphatic rings. The number of rotatable bonds is 4. The fourth-order valence-corrected chi connectivity index (χ4v) is 2.64. The van der Waals surface area contributed by atoms with Crippen LogP contribution in [-0.2, 0) is 6.54 Å². The molecule has 0 amide bonds. The van der Waals surface area contributed by atoms with Crippen molar-refractivity contribution < 1.29 is 13.9 Å². The molecule has 6 nitrogen and oxygen atoms in total. The second-order valence-corrected chi connectivity index (χ2v) is 5.63. The van der Waals surface area contributed by atoms with E-state index >= 15 is 0 Å². The van der Waals surface area contributed by atoms with Gasteiger partial charge in [0.25, 0.3) is 0 Å². The zero-order chi connectivity index (χ0) is 16.4. The van der Waals surface area contributed by atoms with Crippen LogP contribution in [0.4, 0.5) is 5.69 Å². The number of ether oxygens (including phenoxy) is 2. The summed E-state index contributed by atoms with van der Waals surface area (Å²) in [6, 6.07) is 13.0. The molecule has 0 radical (unpaired) electrons. The number of halogens is 1. The minimum atomic E-state index is 0.382. The third-order valence-corrected chi connectivity index (χ3v) is 3.77. The van der Waals surface area contributed by atoms with Crippen LogP contribution in [0.25, 0.3) is 11.5 Å². The van der Waals surface area contributed by atoms with Crippen LogP contribution in [0.5, 0.6) is 11.5 Å². The zero-order valence-electron chi connectivity index (χ0n) is 12.7. The Bertz CT molecular complexity index is 866. The number of nitrogens with zero attached hydrogens (tertiary/aromatic N) is 2. The normalized spacial score (nSPS) is 12.9. The molecule has 2 aromatic carbocycles. The van der Waals surface area contributed by atoms with Crippen LogP contribution in [0.3, 0.4) is 0 Å². The van der Waals surface area contributed by atoms with Crippen molar-refractivity contribution in [2.75, 3.05) is 18.5 Å². The summed E-state index contributed by atoms with van der Waals surface area (Å²) in [6.07, 6.45) is 0. The van der Waals surface area contributed by atoms with Crippen molar-refractivity contribution in [3.8, 4) is 23.0 Å². The van der Waals surface area contributed by atoms with Gasteiger partial charge in [0.1, 0.15) is 13.2 Å². The Morgan fingerprint density at radius 3 is 2.83 bits per heavy atom. The molecular weight excluding hydrogens is 330 g/mol. The quantitative estimate of drug-likeness (QED) is 0.777. The van der Waals surface area contributed by atoms with Crippen molar-refractivity contribution in [2.24, 2.45) is 0 Å². The van der Waals surface area contributed by atoms with Crippen molar-refractivity contribution >= 4 is 17.3 Å². The van der Waals surface area contributed by atoms with Crippen molar-refractivity contribution in [3.63, 3.8) is 0 Å². The topological polar surface area (TPSA) is 69.4 Å². The van der Waals surface area contributed by atoms with Gasteiger partial charge in [-0.15, -0.1) is 10.2 Å². The van der Waals surface area contributed by atoms with Crippen molar-refractivity contribution in [1.29, 1.82) is 0 Å². The second-order valence-electron chi connectivity index (χ2n) is 5.19. The summed E-state index contributed by atoms with van der Waals surface area (Å²) in [5.41, 5.74) is 1.62. The van der Waals surface area contributed by atoms with Crippen LogP contribution in [0, 0.1) is 0 Å². The molecule has 0 saturated heterocycles. The fourth-order valence-electron chi connectivity index (χ4n) is 2.45. The number of hydrogen-bond donors (Lipinski definition) is 1. The van der Waals surface area contributed by atoms with Gasteiger partial charge < -0.3 is 19.2 Å². The molecule has 0 fully saturated rings. The van der Waals surface area contributed by atoms with E-state index < -0.39 is 0 Å². The van der Waals surface area contributed by atoms with Gasteiger partial charge in [-0.05, 0) is 30.3 Å². The Hall–Kier alpha value is -2.73. The Labute approximate surface area is 143 Å². The average molecular weight is 344 g/mol. The van der Waals surface area contributed by atoms with Crippen LogP contribution in [0.1, 0.15) is 5.89 Å². The SMILES string of the molecule is Clc1cccc(-c2nnc(CNc3cccc4c3OCCO4)o2)c1. The second kappa shape index (κ2) is 6.41. The molecule has 7 heteroatoms. The lowest BCUT2D eigenvalue weighted by Gasteiger charge is -2.21. The highest BCUT2D eigenvalue weighted by molar-refractivity contribution is 6.30. The number of aromatic nitrogens is 2. The summed E-state index contributed by atoms with van der Waals surface area (Å²) >= 11 is 5.98. The van der Waals surface area contributed by atoms with Gasteiger partial charge in [0, 0.05) is 10.6 Å². The molecule has 0 unspecified atom stereocenters. The smallest absolute Gasteiger partial charge is 0.247 e. The number of nitrogens with one attached hydrogen (secondary N) is 1. The molecule has 3 aromatic rings. The van der Waals surface area contributed by atoms with E-state index in [2.05, 4.69) is 15.5 Å². The maximum Gasteiger partial charge on any atom is 0.247 e. The van der Waals surface area contributed by atoms with Crippen LogP contribution in [0.15, 0.2) is 46.9 Å². The summed E-state index contributed by atoms with van der Waals surface area (Å²) in [5.74, 6) is 2.35. The molecule has 4 rings (SSSR count). The van der Waals surface area contributed by atoms with E-state index in [1.165, 1.54) is 0 Å². The van der Waals surface area contributed by atoms with Crippen LogP contribution in [0.2, 0.25) is 5.02 Å². The first-order valence-electron chi connectivity index (χ1n) is 7.50. The van der Waals surface area contributed by atoms with Gasteiger partial charge in [0.05, 0.1) is 12.2 Å². The van der Waals surface area contributed by atoms with E-state index in [0.717, 1.165) is 17.0 Å². The van der Waals surface area contributed by atoms with E-state index in [1.807, 2.05) is 30.3 Å². The monoisotopic (exact) mass is 343 g/mol. The summed E-state index contributed by atoms with van der Waals surface area (Å²) in [7, 11) is 0. The largest absolute Gasteiger partial charge is 0.486 e. The lowest BCUT2D eigenvalue weighted by molar-refractivity contribution is 0.172. The number of hydrogen-bond acceptors (Lipinski definition) is 6. The maximum absolute atomic E-state index is 5.98. The number of para-hydroxylation sites is 1. The predicted molar refractivity (Wildman–Crippen MR) is 89.5 cm³/mol. The molecular formula is C17H14ClN3O3. The summed E-state index contributed by atoms with van der Waals surface area (Å²) < 4.78 is 16.9. The Morgan fingerprint density at radius 1 is 1.04 bits per heavy atom. The molecule has 122 valence electrons. The molecule has 2 heterocycles. The highest BCUT2D eigenvalue weighted by Gasteiger charge is 2.16. The molecule has 0 aliphatic carbocycles. The molecule has 24 heavy (non-hydrogen) atoms. The predicted octanol–water partition coefficient (Wildman–Crippen LogP) is 3.77. The molecule has 0 spiro atoms. The minimum Gasteiger partial charge on any atom is -0.486 e. The van der Waals surface area contributed by atoms with Gasteiger partial charge >= 0.3 is 0 Å². The van der Waals surface area contributed by atoms with Gasteiger partial charge in [-0.2, -0.15) is 0 Å². The number of anilines is 1. The third-order valence-electron chi connectivity index (χ3n) is 3.53. The zero-order valence-corrected chi connectivity index (χ0v) is 13.4. The first-order chi connectivity index (χ1) is 11.8. The first-order valence-corrected chi connectivity index (χ1v) is 7.88. The van der Waals surface area contributed by atoms with E-state index in [9.17, 15) is 0 Å². The van der Waals surface area contributed by atoms with Gasteiger partial charge in [0.15, 0.2) is 11.5 Å². The van der Waals surface area contributed by atoms with E-state index in [-0.39, 0.29) is 0 Å². The summed E-state index contributed by atoms with van der Waals surface area (Å²) in [4.78, 5) is 0. The maximum atomic E-state index is 5.98. The van der Waals surface area contributed by atoms with Crippen LogP contribution < -0.4 is 14.8 Å². The lowest BCUT2D eigenvalue weighted by atomic mass is 10.2. The fraction of sp³-hybridized carbons (Fsp3) is 0.176. The Kier molecular flexibility index (Phi) is 3.96. The molecule has 0 atom stereocenters. The highest BCUT2D eigenvalue weighted by atomic mass is 35.5. The van der Waals surface area contributed by atoms with Crippen molar-refractivity contribution in [1.82, 2.24) is 10.2 Å². The summed E-state index contributed by atoms with van der Waals surface area (Å²) in [5, 5.41) is 12.0. The molecule has 0 bridgehead atoms. The molecule has 0 saturated carbocycles. The van der Waals surface area contributed by atoms with Crippen molar-refractivity contribution in [2.45, 2.75) is 6.54 Å². The molecule has 1 aliphatic heterocycles. The third kappa shape index (κ3) is 3.00. The number of benzene rings is 2. The van der Waals surface area contributed by atoms with Gasteiger partial charge in [-0.3, -0.25) is 0 Å².